The van der Waals surface area contributed by atoms with Gasteiger partial charge in [-0.2, -0.15) is 5.26 Å². The molecule has 160 valence electrons. The standard InChI is InChI=1S/C21H36N2O5/c1-6-7-8-9-10-11-12-23-21(14-22)16(15-13-24-19(2,3)26-15)25-18-17(21)27-20(4,5)28-18/h15-18,23H,6-13H2,1-5H3/t15-,16+,17+,18-,21+/m0/s1. The highest BCUT2D eigenvalue weighted by Crippen LogP contribution is 2.45. The van der Waals surface area contributed by atoms with Crippen molar-refractivity contribution in [1.82, 2.24) is 5.32 Å². The van der Waals surface area contributed by atoms with Crippen LogP contribution in [0.2, 0.25) is 0 Å². The molecule has 0 amide bonds. The van der Waals surface area contributed by atoms with Gasteiger partial charge in [-0.3, -0.25) is 5.32 Å². The summed E-state index contributed by atoms with van der Waals surface area (Å²) in [4.78, 5) is 0. The van der Waals surface area contributed by atoms with Gasteiger partial charge in [-0.15, -0.1) is 0 Å². The molecule has 0 aromatic carbocycles. The molecule has 28 heavy (non-hydrogen) atoms. The summed E-state index contributed by atoms with van der Waals surface area (Å²) in [5.74, 6) is -1.47. The van der Waals surface area contributed by atoms with Crippen LogP contribution < -0.4 is 5.32 Å². The van der Waals surface area contributed by atoms with Gasteiger partial charge in [0.1, 0.15) is 18.3 Å². The Labute approximate surface area is 169 Å². The lowest BCUT2D eigenvalue weighted by molar-refractivity contribution is -0.227. The van der Waals surface area contributed by atoms with E-state index in [0.717, 1.165) is 19.4 Å². The molecule has 5 atom stereocenters. The molecule has 0 aliphatic carbocycles. The van der Waals surface area contributed by atoms with Crippen LogP contribution in [-0.2, 0) is 23.7 Å². The van der Waals surface area contributed by atoms with Crippen LogP contribution in [0, 0.1) is 11.3 Å². The summed E-state index contributed by atoms with van der Waals surface area (Å²) in [6.07, 6.45) is 5.19. The highest BCUT2D eigenvalue weighted by atomic mass is 16.8. The van der Waals surface area contributed by atoms with Gasteiger partial charge in [0.15, 0.2) is 23.4 Å². The highest BCUT2D eigenvalue weighted by molar-refractivity contribution is 5.24. The monoisotopic (exact) mass is 396 g/mol. The van der Waals surface area contributed by atoms with Crippen molar-refractivity contribution >= 4 is 0 Å². The third-order valence-corrected chi connectivity index (χ3v) is 5.74. The summed E-state index contributed by atoms with van der Waals surface area (Å²) in [7, 11) is 0. The first-order valence-electron chi connectivity index (χ1n) is 10.7. The Morgan fingerprint density at radius 3 is 2.29 bits per heavy atom. The van der Waals surface area contributed by atoms with E-state index in [1.165, 1.54) is 25.7 Å². The van der Waals surface area contributed by atoms with Crippen LogP contribution in [0.4, 0.5) is 0 Å². The first-order chi connectivity index (χ1) is 13.2. The molecule has 3 aliphatic heterocycles. The van der Waals surface area contributed by atoms with Crippen LogP contribution in [0.1, 0.15) is 73.1 Å². The van der Waals surface area contributed by atoms with E-state index in [1.807, 2.05) is 27.7 Å². The zero-order valence-corrected chi connectivity index (χ0v) is 18.0. The molecule has 0 unspecified atom stereocenters. The van der Waals surface area contributed by atoms with Gasteiger partial charge in [-0.1, -0.05) is 39.0 Å². The first-order valence-corrected chi connectivity index (χ1v) is 10.7. The molecule has 3 saturated heterocycles. The molecule has 3 heterocycles. The fourth-order valence-corrected chi connectivity index (χ4v) is 4.37. The maximum absolute atomic E-state index is 10.2. The number of hydrogen-bond acceptors (Lipinski definition) is 7. The van der Waals surface area contributed by atoms with Gasteiger partial charge >= 0.3 is 0 Å². The summed E-state index contributed by atoms with van der Waals surface area (Å²) < 4.78 is 29.9. The van der Waals surface area contributed by atoms with E-state index >= 15 is 0 Å². The van der Waals surface area contributed by atoms with E-state index in [9.17, 15) is 5.26 Å². The molecule has 0 aromatic heterocycles. The van der Waals surface area contributed by atoms with E-state index < -0.39 is 35.6 Å². The van der Waals surface area contributed by atoms with Crippen LogP contribution in [0.25, 0.3) is 0 Å². The lowest BCUT2D eigenvalue weighted by atomic mass is 9.86. The minimum absolute atomic E-state index is 0.354. The van der Waals surface area contributed by atoms with Crippen LogP contribution in [0.5, 0.6) is 0 Å². The summed E-state index contributed by atoms with van der Waals surface area (Å²) in [5, 5.41) is 13.7. The van der Waals surface area contributed by atoms with Crippen LogP contribution in [0.15, 0.2) is 0 Å². The summed E-state index contributed by atoms with van der Waals surface area (Å²) >= 11 is 0. The molecule has 7 heteroatoms. The maximum atomic E-state index is 10.2. The van der Waals surface area contributed by atoms with Crippen molar-refractivity contribution in [2.45, 2.75) is 115 Å². The molecule has 0 saturated carbocycles. The average Bonchev–Trinajstić information content (AvgIpc) is 3.22. The van der Waals surface area contributed by atoms with Crippen LogP contribution in [-0.4, -0.2) is 54.9 Å². The molecule has 0 aromatic rings. The fraction of sp³-hybridized carbons (Fsp3) is 0.952. The van der Waals surface area contributed by atoms with E-state index in [-0.39, 0.29) is 6.10 Å². The quantitative estimate of drug-likeness (QED) is 0.599. The number of ether oxygens (including phenoxy) is 5. The molecular formula is C21H36N2O5. The van der Waals surface area contributed by atoms with Crippen molar-refractivity contribution in [1.29, 1.82) is 5.26 Å². The van der Waals surface area contributed by atoms with Gasteiger partial charge in [0.2, 0.25) is 0 Å². The van der Waals surface area contributed by atoms with Gasteiger partial charge in [-0.05, 0) is 40.7 Å². The van der Waals surface area contributed by atoms with Crippen LogP contribution in [0.3, 0.4) is 0 Å². The molecule has 3 aliphatic rings. The van der Waals surface area contributed by atoms with Crippen molar-refractivity contribution in [3.05, 3.63) is 0 Å². The third kappa shape index (κ3) is 4.53. The van der Waals surface area contributed by atoms with E-state index in [2.05, 4.69) is 18.3 Å². The Balaban J connectivity index is 1.68. The van der Waals surface area contributed by atoms with Crippen molar-refractivity contribution in [3.63, 3.8) is 0 Å². The molecule has 0 radical (unpaired) electrons. The number of nitriles is 1. The van der Waals surface area contributed by atoms with E-state index in [1.54, 1.807) is 0 Å². The normalized spacial score (nSPS) is 38.4. The van der Waals surface area contributed by atoms with E-state index in [0.29, 0.717) is 6.61 Å². The molecule has 0 bridgehead atoms. The second kappa shape index (κ2) is 8.55. The van der Waals surface area contributed by atoms with Crippen molar-refractivity contribution < 1.29 is 23.7 Å². The number of rotatable bonds is 9. The molecule has 7 nitrogen and oxygen atoms in total. The van der Waals surface area contributed by atoms with E-state index in [4.69, 9.17) is 23.7 Å². The Kier molecular flexibility index (Phi) is 6.70. The Bertz CT molecular complexity index is 576. The smallest absolute Gasteiger partial charge is 0.190 e. The first kappa shape index (κ1) is 21.9. The summed E-state index contributed by atoms with van der Waals surface area (Å²) in [6.45, 7) is 10.8. The fourth-order valence-electron chi connectivity index (χ4n) is 4.37. The average molecular weight is 397 g/mol. The van der Waals surface area contributed by atoms with Gasteiger partial charge in [0, 0.05) is 0 Å². The van der Waals surface area contributed by atoms with Gasteiger partial charge in [0.05, 0.1) is 12.7 Å². The number of nitrogens with zero attached hydrogens (tertiary/aromatic N) is 1. The molecule has 3 fully saturated rings. The largest absolute Gasteiger partial charge is 0.348 e. The Morgan fingerprint density at radius 2 is 1.64 bits per heavy atom. The van der Waals surface area contributed by atoms with Gasteiger partial charge < -0.3 is 23.7 Å². The second-order valence-electron chi connectivity index (χ2n) is 9.02. The number of unbranched alkanes of at least 4 members (excludes halogenated alkanes) is 5. The molecule has 3 rings (SSSR count). The maximum Gasteiger partial charge on any atom is 0.190 e. The molecule has 0 spiro atoms. The van der Waals surface area contributed by atoms with Gasteiger partial charge in [-0.25, -0.2) is 0 Å². The van der Waals surface area contributed by atoms with Crippen molar-refractivity contribution in [2.75, 3.05) is 13.2 Å². The summed E-state index contributed by atoms with van der Waals surface area (Å²) in [5.41, 5.74) is -1.03. The van der Waals surface area contributed by atoms with Crippen molar-refractivity contribution in [3.8, 4) is 6.07 Å². The SMILES string of the molecule is CCCCCCCCN[C@@]1(C#N)[C@@H]2OC(C)(C)O[C@@H]2O[C@@H]1[C@@H]1COC(C)(C)O1. The zero-order chi connectivity index (χ0) is 20.4. The Morgan fingerprint density at radius 1 is 0.929 bits per heavy atom. The number of hydrogen-bond donors (Lipinski definition) is 1. The second-order valence-corrected chi connectivity index (χ2v) is 9.02. The zero-order valence-electron chi connectivity index (χ0n) is 18.0. The molecule has 1 N–H and O–H groups in total. The predicted octanol–water partition coefficient (Wildman–Crippen LogP) is 3.23. The van der Waals surface area contributed by atoms with Gasteiger partial charge in [0.25, 0.3) is 0 Å². The minimum atomic E-state index is -1.03. The summed E-state index contributed by atoms with van der Waals surface area (Å²) in [6, 6.07) is 2.48. The lowest BCUT2D eigenvalue weighted by Gasteiger charge is -2.35. The number of nitrogens with one attached hydrogen (secondary N) is 1. The van der Waals surface area contributed by atoms with Crippen molar-refractivity contribution in [2.24, 2.45) is 0 Å². The Hall–Kier alpha value is -0.750. The number of fused-ring (bicyclic) bond motifs is 1. The topological polar surface area (TPSA) is 82.0 Å². The third-order valence-electron chi connectivity index (χ3n) is 5.74. The highest BCUT2D eigenvalue weighted by Gasteiger charge is 2.67. The minimum Gasteiger partial charge on any atom is -0.348 e. The van der Waals surface area contributed by atoms with Crippen LogP contribution >= 0.6 is 0 Å². The molecular weight excluding hydrogens is 360 g/mol. The lowest BCUT2D eigenvalue weighted by Crippen LogP contribution is -2.62. The predicted molar refractivity (Wildman–Crippen MR) is 103 cm³/mol.